The molecule has 0 unspecified atom stereocenters. The molecule has 2 aromatic carbocycles. The summed E-state index contributed by atoms with van der Waals surface area (Å²) in [5.41, 5.74) is 0.794. The molecule has 8 nitrogen and oxygen atoms in total. The minimum Gasteiger partial charge on any atom is -0.493 e. The van der Waals surface area contributed by atoms with Gasteiger partial charge in [0.1, 0.15) is 5.82 Å². The van der Waals surface area contributed by atoms with E-state index in [2.05, 4.69) is 10.6 Å². The lowest BCUT2D eigenvalue weighted by atomic mass is 10.2. The summed E-state index contributed by atoms with van der Waals surface area (Å²) in [6.07, 6.45) is 0.371. The number of esters is 1. The van der Waals surface area contributed by atoms with Gasteiger partial charge in [-0.2, -0.15) is 0 Å². The first kappa shape index (κ1) is 22.7. The molecule has 0 atom stereocenters. The van der Waals surface area contributed by atoms with Crippen molar-refractivity contribution in [2.75, 3.05) is 32.7 Å². The van der Waals surface area contributed by atoms with E-state index in [9.17, 15) is 18.8 Å². The van der Waals surface area contributed by atoms with Crippen LogP contribution in [0.4, 0.5) is 10.1 Å². The zero-order chi connectivity index (χ0) is 21.9. The standard InChI is InChI=1S/C21H23FN2O6/c1-28-17-10-9-16(12-18(17)29-2)24-19(25)13-30-20(26)4-3-11-23-21(27)14-5-7-15(22)8-6-14/h5-10,12H,3-4,11,13H2,1-2H3,(H,23,27)(H,24,25). The maximum atomic E-state index is 12.8. The first-order chi connectivity index (χ1) is 14.4. The smallest absolute Gasteiger partial charge is 0.306 e. The topological polar surface area (TPSA) is 103 Å². The third-order valence-corrected chi connectivity index (χ3v) is 3.98. The summed E-state index contributed by atoms with van der Waals surface area (Å²) in [5, 5.41) is 5.21. The summed E-state index contributed by atoms with van der Waals surface area (Å²) in [4.78, 5) is 35.5. The van der Waals surface area contributed by atoms with Crippen LogP contribution in [-0.2, 0) is 14.3 Å². The normalized spacial score (nSPS) is 10.1. The maximum Gasteiger partial charge on any atom is 0.306 e. The number of carbonyl (C=O) groups excluding carboxylic acids is 3. The number of ether oxygens (including phenoxy) is 3. The van der Waals surface area contributed by atoms with Crippen LogP contribution in [0.5, 0.6) is 11.5 Å². The van der Waals surface area contributed by atoms with Crippen molar-refractivity contribution in [3.63, 3.8) is 0 Å². The number of amides is 2. The zero-order valence-corrected chi connectivity index (χ0v) is 16.7. The Bertz CT molecular complexity index is 886. The minimum atomic E-state index is -0.562. The highest BCUT2D eigenvalue weighted by atomic mass is 19.1. The van der Waals surface area contributed by atoms with Gasteiger partial charge in [0.05, 0.1) is 14.2 Å². The molecule has 2 N–H and O–H groups in total. The Morgan fingerprint density at radius 2 is 1.67 bits per heavy atom. The van der Waals surface area contributed by atoms with Gasteiger partial charge in [-0.15, -0.1) is 0 Å². The SMILES string of the molecule is COc1ccc(NC(=O)COC(=O)CCCNC(=O)c2ccc(F)cc2)cc1OC. The molecule has 0 saturated carbocycles. The van der Waals surface area contributed by atoms with E-state index >= 15 is 0 Å². The van der Waals surface area contributed by atoms with Gasteiger partial charge in [0.25, 0.3) is 11.8 Å². The largest absolute Gasteiger partial charge is 0.493 e. The van der Waals surface area contributed by atoms with Gasteiger partial charge in [-0.25, -0.2) is 4.39 Å². The average molecular weight is 418 g/mol. The first-order valence-corrected chi connectivity index (χ1v) is 9.14. The summed E-state index contributed by atoms with van der Waals surface area (Å²) in [6.45, 7) is -0.196. The minimum absolute atomic E-state index is 0.0351. The van der Waals surface area contributed by atoms with E-state index < -0.39 is 24.3 Å². The van der Waals surface area contributed by atoms with Gasteiger partial charge in [-0.1, -0.05) is 0 Å². The predicted octanol–water partition coefficient (Wildman–Crippen LogP) is 2.53. The fourth-order valence-corrected chi connectivity index (χ4v) is 2.47. The molecule has 160 valence electrons. The van der Waals surface area contributed by atoms with Gasteiger partial charge in [0.2, 0.25) is 0 Å². The van der Waals surface area contributed by atoms with Gasteiger partial charge < -0.3 is 24.8 Å². The average Bonchev–Trinajstić information content (AvgIpc) is 2.75. The number of nitrogens with one attached hydrogen (secondary N) is 2. The van der Waals surface area contributed by atoms with E-state index in [1.54, 1.807) is 18.2 Å². The molecule has 0 spiro atoms. The van der Waals surface area contributed by atoms with Crippen LogP contribution in [0, 0.1) is 5.82 Å². The number of rotatable bonds is 10. The lowest BCUT2D eigenvalue weighted by Gasteiger charge is -2.11. The monoisotopic (exact) mass is 418 g/mol. The summed E-state index contributed by atoms with van der Waals surface area (Å²) in [7, 11) is 2.98. The molecular formula is C21H23FN2O6. The molecule has 0 heterocycles. The molecular weight excluding hydrogens is 395 g/mol. The van der Waals surface area contributed by atoms with Crippen LogP contribution in [0.3, 0.4) is 0 Å². The number of halogens is 1. The second kappa shape index (κ2) is 11.4. The van der Waals surface area contributed by atoms with Crippen molar-refractivity contribution in [1.82, 2.24) is 5.32 Å². The van der Waals surface area contributed by atoms with E-state index in [4.69, 9.17) is 14.2 Å². The summed E-state index contributed by atoms with van der Waals surface area (Å²) in [5.74, 6) is -0.876. The van der Waals surface area contributed by atoms with Crippen molar-refractivity contribution < 1.29 is 33.0 Å². The number of benzene rings is 2. The van der Waals surface area contributed by atoms with E-state index in [-0.39, 0.29) is 18.9 Å². The number of hydrogen-bond acceptors (Lipinski definition) is 6. The molecule has 30 heavy (non-hydrogen) atoms. The molecule has 0 aliphatic heterocycles. The summed E-state index contributed by atoms with van der Waals surface area (Å²) >= 11 is 0. The molecule has 0 aliphatic rings. The molecule has 2 rings (SSSR count). The maximum absolute atomic E-state index is 12.8. The second-order valence-electron chi connectivity index (χ2n) is 6.14. The first-order valence-electron chi connectivity index (χ1n) is 9.14. The van der Waals surface area contributed by atoms with Crippen LogP contribution >= 0.6 is 0 Å². The van der Waals surface area contributed by atoms with E-state index in [0.717, 1.165) is 0 Å². The lowest BCUT2D eigenvalue weighted by molar-refractivity contribution is -0.147. The number of anilines is 1. The predicted molar refractivity (Wildman–Crippen MR) is 107 cm³/mol. The van der Waals surface area contributed by atoms with Gasteiger partial charge in [-0.3, -0.25) is 14.4 Å². The van der Waals surface area contributed by atoms with Crippen LogP contribution < -0.4 is 20.1 Å². The molecule has 2 aromatic rings. The lowest BCUT2D eigenvalue weighted by Crippen LogP contribution is -2.25. The van der Waals surface area contributed by atoms with Gasteiger partial charge in [-0.05, 0) is 42.8 Å². The third-order valence-electron chi connectivity index (χ3n) is 3.98. The molecule has 2 amide bonds. The molecule has 0 saturated heterocycles. The Morgan fingerprint density at radius 1 is 0.967 bits per heavy atom. The Hall–Kier alpha value is -3.62. The van der Waals surface area contributed by atoms with Crippen LogP contribution in [0.1, 0.15) is 23.2 Å². The zero-order valence-electron chi connectivity index (χ0n) is 16.7. The quantitative estimate of drug-likeness (QED) is 0.454. The molecule has 0 aromatic heterocycles. The van der Waals surface area contributed by atoms with E-state index in [1.807, 2.05) is 0 Å². The van der Waals surface area contributed by atoms with E-state index in [0.29, 0.717) is 29.2 Å². The summed E-state index contributed by atoms with van der Waals surface area (Å²) < 4.78 is 28.0. The van der Waals surface area contributed by atoms with Crippen LogP contribution in [0.15, 0.2) is 42.5 Å². The molecule has 0 aliphatic carbocycles. The van der Waals surface area contributed by atoms with Crippen molar-refractivity contribution in [3.8, 4) is 11.5 Å². The summed E-state index contributed by atoms with van der Waals surface area (Å²) in [6, 6.07) is 9.98. The third kappa shape index (κ3) is 7.08. The fourth-order valence-electron chi connectivity index (χ4n) is 2.47. The van der Waals surface area contributed by atoms with Crippen molar-refractivity contribution in [2.45, 2.75) is 12.8 Å². The second-order valence-corrected chi connectivity index (χ2v) is 6.14. The van der Waals surface area contributed by atoms with Crippen molar-refractivity contribution >= 4 is 23.5 Å². The van der Waals surface area contributed by atoms with Gasteiger partial charge >= 0.3 is 5.97 Å². The fraction of sp³-hybridized carbons (Fsp3) is 0.286. The van der Waals surface area contributed by atoms with Crippen molar-refractivity contribution in [2.24, 2.45) is 0 Å². The van der Waals surface area contributed by atoms with Crippen LogP contribution in [-0.4, -0.2) is 45.2 Å². The number of methoxy groups -OCH3 is 2. The van der Waals surface area contributed by atoms with Crippen molar-refractivity contribution in [1.29, 1.82) is 0 Å². The number of carbonyl (C=O) groups is 3. The number of hydrogen-bond donors (Lipinski definition) is 2. The Morgan fingerprint density at radius 3 is 2.33 bits per heavy atom. The van der Waals surface area contributed by atoms with Crippen LogP contribution in [0.25, 0.3) is 0 Å². The highest BCUT2D eigenvalue weighted by molar-refractivity contribution is 5.94. The highest BCUT2D eigenvalue weighted by Gasteiger charge is 2.11. The van der Waals surface area contributed by atoms with Gasteiger partial charge in [0, 0.05) is 30.3 Å². The highest BCUT2D eigenvalue weighted by Crippen LogP contribution is 2.29. The van der Waals surface area contributed by atoms with Crippen LogP contribution in [0.2, 0.25) is 0 Å². The Kier molecular flexibility index (Phi) is 8.61. The Labute approximate surface area is 173 Å². The molecule has 9 heteroatoms. The van der Waals surface area contributed by atoms with E-state index in [1.165, 1.54) is 38.5 Å². The Balaban J connectivity index is 1.66. The van der Waals surface area contributed by atoms with Crippen molar-refractivity contribution in [3.05, 3.63) is 53.8 Å². The van der Waals surface area contributed by atoms with Gasteiger partial charge in [0.15, 0.2) is 18.1 Å². The molecule has 0 radical (unpaired) electrons. The molecule has 0 bridgehead atoms. The molecule has 0 fully saturated rings.